The number of hydrogen-bond acceptors (Lipinski definition) is 4. The van der Waals surface area contributed by atoms with Crippen molar-refractivity contribution >= 4 is 47.2 Å². The lowest BCUT2D eigenvalue weighted by atomic mass is 10.2. The van der Waals surface area contributed by atoms with Crippen LogP contribution in [0.4, 0.5) is 0 Å². The van der Waals surface area contributed by atoms with E-state index in [-0.39, 0.29) is 41.8 Å². The van der Waals surface area contributed by atoms with Crippen LogP contribution in [0.3, 0.4) is 0 Å². The lowest BCUT2D eigenvalue weighted by Gasteiger charge is -2.20. The van der Waals surface area contributed by atoms with Crippen molar-refractivity contribution in [3.8, 4) is 0 Å². The predicted octanol–water partition coefficient (Wildman–Crippen LogP) is 2.99. The maximum Gasteiger partial charge on any atom is 0.225 e. The predicted molar refractivity (Wildman–Crippen MR) is 124 cm³/mol. The van der Waals surface area contributed by atoms with Gasteiger partial charge in [0, 0.05) is 49.4 Å². The molecule has 1 unspecified atom stereocenters. The van der Waals surface area contributed by atoms with Gasteiger partial charge >= 0.3 is 0 Å². The molecule has 1 saturated heterocycles. The van der Waals surface area contributed by atoms with Crippen LogP contribution < -0.4 is 10.6 Å². The molecule has 0 bridgehead atoms. The lowest BCUT2D eigenvalue weighted by Crippen LogP contribution is -2.45. The van der Waals surface area contributed by atoms with E-state index in [2.05, 4.69) is 36.4 Å². The molecule has 1 amide bonds. The molecule has 1 aliphatic heterocycles. The smallest absolute Gasteiger partial charge is 0.225 e. The Kier molecular flexibility index (Phi) is 10.6. The number of guanidine groups is 1. The second-order valence-corrected chi connectivity index (χ2v) is 8.33. The molecule has 0 aromatic carbocycles. The van der Waals surface area contributed by atoms with E-state index in [0.717, 1.165) is 49.9 Å². The average molecular weight is 507 g/mol. The number of hydrogen-bond donors (Lipinski definition) is 2. The first kappa shape index (κ1) is 24.1. The van der Waals surface area contributed by atoms with Gasteiger partial charge in [-0.15, -0.1) is 35.3 Å². The van der Waals surface area contributed by atoms with Gasteiger partial charge in [0.05, 0.1) is 10.7 Å². The van der Waals surface area contributed by atoms with Crippen LogP contribution in [0.5, 0.6) is 0 Å². The molecule has 1 fully saturated rings. The summed E-state index contributed by atoms with van der Waals surface area (Å²) in [5, 5.41) is 7.95. The molecular formula is C19H34IN5OS. The highest BCUT2D eigenvalue weighted by Crippen LogP contribution is 2.18. The zero-order valence-corrected chi connectivity index (χ0v) is 20.3. The molecule has 0 saturated carbocycles. The Morgan fingerprint density at radius 1 is 1.41 bits per heavy atom. The van der Waals surface area contributed by atoms with Crippen molar-refractivity contribution in [3.63, 3.8) is 0 Å². The Balaban J connectivity index is 0.00000364. The molecule has 27 heavy (non-hydrogen) atoms. The van der Waals surface area contributed by atoms with Crippen molar-refractivity contribution in [1.29, 1.82) is 0 Å². The molecule has 0 spiro atoms. The van der Waals surface area contributed by atoms with Crippen LogP contribution in [-0.2, 0) is 17.6 Å². The molecule has 8 heteroatoms. The van der Waals surface area contributed by atoms with E-state index in [4.69, 9.17) is 4.99 Å². The number of aliphatic imine (C=N–C) groups is 1. The molecule has 2 rings (SSSR count). The Hall–Kier alpha value is -0.900. The van der Waals surface area contributed by atoms with Gasteiger partial charge in [0.1, 0.15) is 0 Å². The summed E-state index contributed by atoms with van der Waals surface area (Å²) in [4.78, 5) is 24.8. The third kappa shape index (κ3) is 7.21. The number of nitrogens with zero attached hydrogens (tertiary/aromatic N) is 3. The fourth-order valence-electron chi connectivity index (χ4n) is 3.14. The summed E-state index contributed by atoms with van der Waals surface area (Å²) in [6, 6.07) is 0.268. The fourth-order valence-corrected chi connectivity index (χ4v) is 4.15. The van der Waals surface area contributed by atoms with E-state index in [1.54, 1.807) is 11.3 Å². The summed E-state index contributed by atoms with van der Waals surface area (Å²) >= 11 is 1.78. The van der Waals surface area contributed by atoms with Crippen molar-refractivity contribution in [3.05, 3.63) is 15.6 Å². The highest BCUT2D eigenvalue weighted by Gasteiger charge is 2.27. The highest BCUT2D eigenvalue weighted by molar-refractivity contribution is 14.0. The second-order valence-electron chi connectivity index (χ2n) is 7.04. The summed E-state index contributed by atoms with van der Waals surface area (Å²) in [7, 11) is 0. The van der Waals surface area contributed by atoms with E-state index < -0.39 is 0 Å². The molecule has 1 aromatic heterocycles. The van der Waals surface area contributed by atoms with Gasteiger partial charge in [-0.05, 0) is 26.7 Å². The van der Waals surface area contributed by atoms with Crippen molar-refractivity contribution in [2.24, 2.45) is 10.9 Å². The van der Waals surface area contributed by atoms with Gasteiger partial charge in [0.2, 0.25) is 5.91 Å². The number of carbonyl (C=O) groups excluding carboxylic acids is 1. The van der Waals surface area contributed by atoms with Crippen molar-refractivity contribution in [1.82, 2.24) is 20.5 Å². The van der Waals surface area contributed by atoms with Gasteiger partial charge in [-0.3, -0.25) is 9.79 Å². The zero-order chi connectivity index (χ0) is 19.1. The summed E-state index contributed by atoms with van der Waals surface area (Å²) in [6.45, 7) is 13.4. The normalized spacial score (nSPS) is 17.2. The molecule has 1 aliphatic rings. The third-order valence-electron chi connectivity index (χ3n) is 4.55. The lowest BCUT2D eigenvalue weighted by molar-refractivity contribution is -0.133. The van der Waals surface area contributed by atoms with Crippen LogP contribution >= 0.6 is 35.3 Å². The number of aromatic nitrogens is 1. The molecule has 154 valence electrons. The Morgan fingerprint density at radius 2 is 2.15 bits per heavy atom. The molecular weight excluding hydrogens is 473 g/mol. The van der Waals surface area contributed by atoms with Gasteiger partial charge in [-0.25, -0.2) is 4.98 Å². The summed E-state index contributed by atoms with van der Waals surface area (Å²) in [5.74, 6) is 1.13. The topological polar surface area (TPSA) is 69.6 Å². The first-order valence-corrected chi connectivity index (χ1v) is 10.5. The Morgan fingerprint density at radius 3 is 2.74 bits per heavy atom. The first-order chi connectivity index (χ1) is 12.4. The first-order valence-electron chi connectivity index (χ1n) is 9.73. The number of halogens is 1. The minimum atomic E-state index is 0. The van der Waals surface area contributed by atoms with Crippen LogP contribution in [0.25, 0.3) is 0 Å². The van der Waals surface area contributed by atoms with Crippen molar-refractivity contribution in [2.75, 3.05) is 26.2 Å². The number of carbonyl (C=O) groups is 1. The maximum absolute atomic E-state index is 12.1. The number of aryl methyl sites for hydroxylation is 2. The number of likely N-dealkylation sites (tertiary alicyclic amines) is 1. The number of rotatable bonds is 7. The minimum Gasteiger partial charge on any atom is -0.357 e. The summed E-state index contributed by atoms with van der Waals surface area (Å²) < 4.78 is 0. The van der Waals surface area contributed by atoms with Gasteiger partial charge in [-0.2, -0.15) is 0 Å². The van der Waals surface area contributed by atoms with Crippen LogP contribution in [0.15, 0.2) is 4.99 Å². The van der Waals surface area contributed by atoms with Crippen LogP contribution in [0.2, 0.25) is 0 Å². The SMILES string of the molecule is CCNC(=NCCc1nc(CC)c(C)s1)NC1CCN(C(=O)C(C)C)C1.I. The van der Waals surface area contributed by atoms with Crippen LogP contribution in [0, 0.1) is 12.8 Å². The standard InChI is InChI=1S/C19H33N5OS.HI/c1-6-16-14(5)26-17(23-16)8-10-21-19(20-7-2)22-15-9-11-24(12-15)18(25)13(3)4;/h13,15H,6-12H2,1-5H3,(H2,20,21,22);1H. The van der Waals surface area contributed by atoms with Gasteiger partial charge in [0.25, 0.3) is 0 Å². The largest absolute Gasteiger partial charge is 0.357 e. The molecule has 6 nitrogen and oxygen atoms in total. The number of amides is 1. The monoisotopic (exact) mass is 507 g/mol. The van der Waals surface area contributed by atoms with Crippen LogP contribution in [-0.4, -0.2) is 54.0 Å². The third-order valence-corrected chi connectivity index (χ3v) is 5.62. The zero-order valence-electron chi connectivity index (χ0n) is 17.2. The number of nitrogens with one attached hydrogen (secondary N) is 2. The molecule has 2 N–H and O–H groups in total. The van der Waals surface area contributed by atoms with E-state index in [1.807, 2.05) is 18.7 Å². The highest BCUT2D eigenvalue weighted by atomic mass is 127. The number of thiazole rings is 1. The molecule has 0 aliphatic carbocycles. The van der Waals surface area contributed by atoms with E-state index in [1.165, 1.54) is 10.6 Å². The molecule has 0 radical (unpaired) electrons. The Labute approximate surface area is 184 Å². The van der Waals surface area contributed by atoms with E-state index in [0.29, 0.717) is 6.54 Å². The second kappa shape index (κ2) is 11.8. The Bertz CT molecular complexity index is 632. The van der Waals surface area contributed by atoms with Crippen molar-refractivity contribution in [2.45, 2.75) is 59.9 Å². The maximum atomic E-state index is 12.1. The molecule has 1 aromatic rings. The quantitative estimate of drug-likeness (QED) is 0.338. The van der Waals surface area contributed by atoms with Crippen molar-refractivity contribution < 1.29 is 4.79 Å². The fraction of sp³-hybridized carbons (Fsp3) is 0.737. The molecule has 1 atom stereocenters. The van der Waals surface area contributed by atoms with Gasteiger partial charge in [0.15, 0.2) is 5.96 Å². The van der Waals surface area contributed by atoms with E-state index in [9.17, 15) is 4.79 Å². The van der Waals surface area contributed by atoms with Crippen LogP contribution in [0.1, 0.15) is 49.7 Å². The van der Waals surface area contributed by atoms with Gasteiger partial charge < -0.3 is 15.5 Å². The average Bonchev–Trinajstić information content (AvgIpc) is 3.20. The summed E-state index contributed by atoms with van der Waals surface area (Å²) in [5.41, 5.74) is 1.21. The summed E-state index contributed by atoms with van der Waals surface area (Å²) in [6.07, 6.45) is 2.82. The minimum absolute atomic E-state index is 0. The molecule has 2 heterocycles. The van der Waals surface area contributed by atoms with Gasteiger partial charge in [-0.1, -0.05) is 20.8 Å². The van der Waals surface area contributed by atoms with E-state index >= 15 is 0 Å².